The highest BCUT2D eigenvalue weighted by molar-refractivity contribution is 6.90. The van der Waals surface area contributed by atoms with Crippen LogP contribution in [0.25, 0.3) is 11.0 Å². The lowest BCUT2D eigenvalue weighted by molar-refractivity contribution is 0.942. The molecular weight excluding hydrogens is 240 g/mol. The van der Waals surface area contributed by atoms with Crippen LogP contribution in [0.1, 0.15) is 0 Å². The van der Waals surface area contributed by atoms with Crippen molar-refractivity contribution in [2.24, 2.45) is 0 Å². The second-order valence-electron chi connectivity index (χ2n) is 4.50. The summed E-state index contributed by atoms with van der Waals surface area (Å²) in [5.74, 6) is 0. The van der Waals surface area contributed by atoms with E-state index in [1.165, 1.54) is 11.0 Å². The quantitative estimate of drug-likeness (QED) is 0.437. The summed E-state index contributed by atoms with van der Waals surface area (Å²) in [6, 6.07) is 2.47. The molecule has 0 aromatic carbocycles. The fraction of sp³-hybridized carbons (Fsp3) is 0.300. The normalized spacial score (nSPS) is 11.7. The predicted molar refractivity (Wildman–Crippen MR) is 67.5 cm³/mol. The van der Waals surface area contributed by atoms with Gasteiger partial charge in [-0.3, -0.25) is 0 Å². The van der Waals surface area contributed by atoms with E-state index in [0.29, 0.717) is 10.8 Å². The molecule has 0 aliphatic carbocycles. The van der Waals surface area contributed by atoms with Gasteiger partial charge in [-0.2, -0.15) is 9.78 Å². The monoisotopic (exact) mass is 250 g/mol. The second kappa shape index (κ2) is 3.58. The molecule has 0 fully saturated rings. The fourth-order valence-electron chi connectivity index (χ4n) is 1.53. The SMILES string of the molecule is C#Cn1nc([Si](C)(C)C)c2c(Cl)ncnc21. The Balaban J connectivity index is 2.92. The first-order valence-electron chi connectivity index (χ1n) is 4.81. The summed E-state index contributed by atoms with van der Waals surface area (Å²) in [5, 5.41) is 6.56. The second-order valence-corrected chi connectivity index (χ2v) is 9.83. The molecule has 0 N–H and O–H groups in total. The summed E-state index contributed by atoms with van der Waals surface area (Å²) in [6.07, 6.45) is 6.78. The minimum atomic E-state index is -1.62. The number of halogens is 1. The third-order valence-corrected chi connectivity index (χ3v) is 4.31. The minimum Gasteiger partial charge on any atom is -0.224 e. The molecule has 0 bridgehead atoms. The number of rotatable bonds is 1. The highest BCUT2D eigenvalue weighted by atomic mass is 35.5. The molecule has 0 aliphatic rings. The highest BCUT2D eigenvalue weighted by Gasteiger charge is 2.26. The number of hydrogen-bond acceptors (Lipinski definition) is 3. The van der Waals surface area contributed by atoms with E-state index in [0.717, 1.165) is 10.7 Å². The summed E-state index contributed by atoms with van der Waals surface area (Å²) < 4.78 is 1.43. The number of terminal acetylenes is 1. The Labute approximate surface area is 99.7 Å². The molecule has 16 heavy (non-hydrogen) atoms. The minimum absolute atomic E-state index is 0.420. The number of fused-ring (bicyclic) bond motifs is 1. The van der Waals surface area contributed by atoms with Crippen molar-refractivity contribution >= 4 is 36.0 Å². The van der Waals surface area contributed by atoms with Crippen LogP contribution in [-0.4, -0.2) is 27.8 Å². The molecule has 0 aliphatic heterocycles. The van der Waals surface area contributed by atoms with Gasteiger partial charge >= 0.3 is 0 Å². The van der Waals surface area contributed by atoms with Gasteiger partial charge in [-0.1, -0.05) is 37.7 Å². The lowest BCUT2D eigenvalue weighted by atomic mass is 10.4. The summed E-state index contributed by atoms with van der Waals surface area (Å²) in [4.78, 5) is 8.12. The van der Waals surface area contributed by atoms with Crippen molar-refractivity contribution in [2.45, 2.75) is 19.6 Å². The van der Waals surface area contributed by atoms with Crippen LogP contribution >= 0.6 is 11.6 Å². The van der Waals surface area contributed by atoms with Gasteiger partial charge in [0.1, 0.15) is 19.6 Å². The largest absolute Gasteiger partial charge is 0.224 e. The topological polar surface area (TPSA) is 43.6 Å². The van der Waals surface area contributed by atoms with E-state index in [4.69, 9.17) is 18.0 Å². The zero-order chi connectivity index (χ0) is 11.9. The van der Waals surface area contributed by atoms with Gasteiger partial charge in [-0.15, -0.1) is 0 Å². The molecule has 2 aromatic heterocycles. The Morgan fingerprint density at radius 2 is 2.06 bits per heavy atom. The molecule has 4 nitrogen and oxygen atoms in total. The maximum Gasteiger partial charge on any atom is 0.176 e. The Hall–Kier alpha value is -1.38. The van der Waals surface area contributed by atoms with Gasteiger partial charge in [-0.05, 0) is 0 Å². The molecule has 0 saturated carbocycles. The summed E-state index contributed by atoms with van der Waals surface area (Å²) in [6.45, 7) is 6.54. The van der Waals surface area contributed by atoms with Gasteiger partial charge < -0.3 is 0 Å². The molecule has 2 rings (SSSR count). The summed E-state index contributed by atoms with van der Waals surface area (Å²) >= 11 is 6.09. The third kappa shape index (κ3) is 1.60. The third-order valence-electron chi connectivity index (χ3n) is 2.25. The van der Waals surface area contributed by atoms with Gasteiger partial charge in [0.25, 0.3) is 0 Å². The number of aromatic nitrogens is 4. The molecule has 0 amide bonds. The molecule has 2 heterocycles. The predicted octanol–water partition coefficient (Wildman–Crippen LogP) is 1.46. The summed E-state index contributed by atoms with van der Waals surface area (Å²) in [7, 11) is -1.62. The Kier molecular flexibility index (Phi) is 2.48. The first-order chi connectivity index (χ1) is 7.45. The average molecular weight is 251 g/mol. The van der Waals surface area contributed by atoms with Gasteiger partial charge in [-0.25, -0.2) is 9.97 Å². The first kappa shape index (κ1) is 11.1. The molecule has 2 aromatic rings. The summed E-state index contributed by atoms with van der Waals surface area (Å²) in [5.41, 5.74) is 0.611. The van der Waals surface area contributed by atoms with Crippen molar-refractivity contribution in [1.82, 2.24) is 19.7 Å². The van der Waals surface area contributed by atoms with E-state index < -0.39 is 8.07 Å². The zero-order valence-corrected chi connectivity index (χ0v) is 11.1. The highest BCUT2D eigenvalue weighted by Crippen LogP contribution is 2.19. The molecule has 0 atom stereocenters. The van der Waals surface area contributed by atoms with E-state index >= 15 is 0 Å². The van der Waals surface area contributed by atoms with Crippen molar-refractivity contribution in [3.8, 4) is 12.5 Å². The van der Waals surface area contributed by atoms with Gasteiger partial charge in [0.05, 0.1) is 10.7 Å². The van der Waals surface area contributed by atoms with Crippen LogP contribution in [0.15, 0.2) is 6.33 Å². The van der Waals surface area contributed by atoms with Crippen molar-refractivity contribution in [1.29, 1.82) is 0 Å². The Bertz CT molecular complexity index is 591. The number of nitrogens with zero attached hydrogens (tertiary/aromatic N) is 4. The molecule has 0 saturated heterocycles. The molecule has 0 spiro atoms. The molecule has 6 heteroatoms. The van der Waals surface area contributed by atoms with Gasteiger partial charge in [0.15, 0.2) is 5.65 Å². The fourth-order valence-corrected chi connectivity index (χ4v) is 3.21. The number of hydrogen-bond donors (Lipinski definition) is 0. The van der Waals surface area contributed by atoms with Crippen LogP contribution in [0.5, 0.6) is 0 Å². The maximum absolute atomic E-state index is 6.09. The van der Waals surface area contributed by atoms with E-state index in [9.17, 15) is 0 Å². The Morgan fingerprint density at radius 1 is 1.38 bits per heavy atom. The van der Waals surface area contributed by atoms with Crippen LogP contribution in [0.4, 0.5) is 0 Å². The van der Waals surface area contributed by atoms with E-state index in [2.05, 4.69) is 40.8 Å². The van der Waals surface area contributed by atoms with E-state index in [1.54, 1.807) is 0 Å². The standard InChI is InChI=1S/C10H11ClN4Si/c1-5-15-9-7(8(11)12-6-13-9)10(14-15)16(2,3)4/h1,6H,2-4H3. The van der Waals surface area contributed by atoms with Crippen LogP contribution < -0.4 is 5.32 Å². The van der Waals surface area contributed by atoms with Crippen LogP contribution in [0.2, 0.25) is 24.8 Å². The molecule has 0 radical (unpaired) electrons. The zero-order valence-electron chi connectivity index (χ0n) is 9.32. The Morgan fingerprint density at radius 3 is 2.62 bits per heavy atom. The lowest BCUT2D eigenvalue weighted by Gasteiger charge is -2.12. The van der Waals surface area contributed by atoms with Crippen LogP contribution in [0, 0.1) is 12.5 Å². The average Bonchev–Trinajstić information content (AvgIpc) is 2.57. The maximum atomic E-state index is 6.09. The molecule has 82 valence electrons. The van der Waals surface area contributed by atoms with Crippen molar-refractivity contribution in [2.75, 3.05) is 0 Å². The molecular formula is C10H11ClN4Si. The van der Waals surface area contributed by atoms with E-state index in [1.807, 2.05) is 0 Å². The first-order valence-corrected chi connectivity index (χ1v) is 8.69. The van der Waals surface area contributed by atoms with Gasteiger partial charge in [0, 0.05) is 6.04 Å². The van der Waals surface area contributed by atoms with Crippen molar-refractivity contribution in [3.63, 3.8) is 0 Å². The van der Waals surface area contributed by atoms with Crippen LogP contribution in [-0.2, 0) is 0 Å². The lowest BCUT2D eigenvalue weighted by Crippen LogP contribution is -2.39. The van der Waals surface area contributed by atoms with Crippen molar-refractivity contribution < 1.29 is 0 Å². The van der Waals surface area contributed by atoms with Crippen LogP contribution in [0.3, 0.4) is 0 Å². The van der Waals surface area contributed by atoms with Crippen molar-refractivity contribution in [3.05, 3.63) is 11.5 Å². The van der Waals surface area contributed by atoms with E-state index in [-0.39, 0.29) is 0 Å². The smallest absolute Gasteiger partial charge is 0.176 e. The van der Waals surface area contributed by atoms with Gasteiger partial charge in [0.2, 0.25) is 0 Å². The molecule has 0 unspecified atom stereocenters.